The average Bonchev–Trinajstić information content (AvgIpc) is 3.43. The number of H-pyrrole nitrogens is 1. The molecule has 2 amide bonds. The number of primary amides is 1. The summed E-state index contributed by atoms with van der Waals surface area (Å²) in [7, 11) is 0. The van der Waals surface area contributed by atoms with Crippen molar-refractivity contribution in [3.8, 4) is 11.3 Å². The third-order valence-corrected chi connectivity index (χ3v) is 6.15. The highest BCUT2D eigenvalue weighted by atomic mass is 35.5. The lowest BCUT2D eigenvalue weighted by atomic mass is 10.0. The molecule has 170 valence electrons. The molecule has 0 atom stereocenters. The van der Waals surface area contributed by atoms with Crippen molar-refractivity contribution in [1.82, 2.24) is 24.9 Å². The number of benzene rings is 2. The van der Waals surface area contributed by atoms with E-state index in [1.807, 2.05) is 0 Å². The first-order valence-corrected chi connectivity index (χ1v) is 10.7. The summed E-state index contributed by atoms with van der Waals surface area (Å²) in [6, 6.07) is 7.83. The predicted molar refractivity (Wildman–Crippen MR) is 123 cm³/mol. The number of halogens is 2. The Kier molecular flexibility index (Phi) is 5.26. The van der Waals surface area contributed by atoms with Crippen LogP contribution in [0.5, 0.6) is 0 Å². The molecule has 5 rings (SSSR count). The molecule has 4 aromatic rings. The largest absolute Gasteiger partial charge is 0.365 e. The zero-order valence-corrected chi connectivity index (χ0v) is 18.4. The quantitative estimate of drug-likeness (QED) is 0.438. The summed E-state index contributed by atoms with van der Waals surface area (Å²) in [5.41, 5.74) is 8.46. The van der Waals surface area contributed by atoms with Crippen LogP contribution >= 0.6 is 11.6 Å². The van der Waals surface area contributed by atoms with Gasteiger partial charge in [0.15, 0.2) is 0 Å². The van der Waals surface area contributed by atoms with E-state index >= 15 is 0 Å². The van der Waals surface area contributed by atoms with Crippen molar-refractivity contribution in [3.63, 3.8) is 0 Å². The van der Waals surface area contributed by atoms with E-state index in [0.717, 1.165) is 0 Å². The number of nitrogens with one attached hydrogen (secondary N) is 1. The van der Waals surface area contributed by atoms with E-state index in [4.69, 9.17) is 23.9 Å². The van der Waals surface area contributed by atoms with E-state index in [1.165, 1.54) is 12.3 Å². The standard InChI is InChI=1S/C23H17ClFN7O2/c1-27-17-3-2-12(6-15(17)24)7-20(33)31-4-5-32-19(11-31)21(23(26)34)22(30-32)13-8-16(25)14-10-28-29-18(14)9-13/h2-3,6,8-10H,4-5,7,11H2,(H2,26,34)(H,28,29). The van der Waals surface area contributed by atoms with Gasteiger partial charge in [0.05, 0.1) is 54.4 Å². The first kappa shape index (κ1) is 21.6. The van der Waals surface area contributed by atoms with Crippen molar-refractivity contribution >= 4 is 40.0 Å². The molecule has 2 aromatic carbocycles. The van der Waals surface area contributed by atoms with Gasteiger partial charge in [0.2, 0.25) is 11.6 Å². The number of fused-ring (bicyclic) bond motifs is 2. The Bertz CT molecular complexity index is 1520. The molecule has 0 unspecified atom stereocenters. The molecule has 34 heavy (non-hydrogen) atoms. The van der Waals surface area contributed by atoms with Crippen molar-refractivity contribution in [2.75, 3.05) is 6.54 Å². The number of hydrogen-bond donors (Lipinski definition) is 2. The van der Waals surface area contributed by atoms with Crippen LogP contribution in [-0.4, -0.2) is 43.2 Å². The number of aromatic nitrogens is 4. The lowest BCUT2D eigenvalue weighted by Gasteiger charge is -2.28. The molecule has 9 nitrogen and oxygen atoms in total. The summed E-state index contributed by atoms with van der Waals surface area (Å²) in [6.45, 7) is 7.95. The van der Waals surface area contributed by atoms with Crippen LogP contribution in [0.3, 0.4) is 0 Å². The molecule has 3 N–H and O–H groups in total. The molecule has 1 aliphatic rings. The van der Waals surface area contributed by atoms with Gasteiger partial charge in [0.25, 0.3) is 5.91 Å². The van der Waals surface area contributed by atoms with Gasteiger partial charge in [0, 0.05) is 17.1 Å². The monoisotopic (exact) mass is 477 g/mol. The van der Waals surface area contributed by atoms with E-state index in [9.17, 15) is 14.0 Å². The van der Waals surface area contributed by atoms with Gasteiger partial charge in [0.1, 0.15) is 11.5 Å². The molecule has 3 heterocycles. The molecule has 0 radical (unpaired) electrons. The summed E-state index contributed by atoms with van der Waals surface area (Å²) in [4.78, 5) is 30.3. The SMILES string of the molecule is [C-]#[N+]c1ccc(CC(=O)N2CCn3nc(-c4cc(F)c5cn[nH]c5c4)c(C(N)=O)c3C2)cc1Cl. The van der Waals surface area contributed by atoms with Crippen molar-refractivity contribution in [3.05, 3.63) is 75.6 Å². The maximum atomic E-state index is 14.5. The fourth-order valence-corrected chi connectivity index (χ4v) is 4.42. The summed E-state index contributed by atoms with van der Waals surface area (Å²) in [5.74, 6) is -1.37. The molecule has 0 bridgehead atoms. The van der Waals surface area contributed by atoms with Crippen LogP contribution in [0.15, 0.2) is 36.5 Å². The second-order valence-electron chi connectivity index (χ2n) is 7.94. The summed E-state index contributed by atoms with van der Waals surface area (Å²) in [5, 5.41) is 11.7. The zero-order valence-electron chi connectivity index (χ0n) is 17.7. The lowest BCUT2D eigenvalue weighted by Crippen LogP contribution is -2.40. The third kappa shape index (κ3) is 3.66. The number of amides is 2. The Morgan fingerprint density at radius 2 is 2.09 bits per heavy atom. The maximum Gasteiger partial charge on any atom is 0.252 e. The van der Waals surface area contributed by atoms with Crippen molar-refractivity contribution in [1.29, 1.82) is 0 Å². The number of rotatable bonds is 4. The summed E-state index contributed by atoms with van der Waals surface area (Å²) < 4.78 is 16.2. The molecule has 0 fully saturated rings. The maximum absolute atomic E-state index is 14.5. The Labute approximate surface area is 197 Å². The first-order chi connectivity index (χ1) is 16.4. The molecule has 1 aliphatic heterocycles. The second kappa shape index (κ2) is 8.28. The van der Waals surface area contributed by atoms with Crippen LogP contribution in [0, 0.1) is 12.4 Å². The highest BCUT2D eigenvalue weighted by molar-refractivity contribution is 6.33. The van der Waals surface area contributed by atoms with Gasteiger partial charge in [-0.2, -0.15) is 10.2 Å². The molecule has 0 aliphatic carbocycles. The fourth-order valence-electron chi connectivity index (χ4n) is 4.17. The predicted octanol–water partition coefficient (Wildman–Crippen LogP) is 3.45. The fraction of sp³-hybridized carbons (Fsp3) is 0.174. The van der Waals surface area contributed by atoms with Crippen LogP contribution in [0.2, 0.25) is 5.02 Å². The molecule has 2 aromatic heterocycles. The van der Waals surface area contributed by atoms with Crippen molar-refractivity contribution < 1.29 is 14.0 Å². The van der Waals surface area contributed by atoms with Gasteiger partial charge >= 0.3 is 0 Å². The van der Waals surface area contributed by atoms with E-state index in [0.29, 0.717) is 51.5 Å². The molecular weight excluding hydrogens is 461 g/mol. The van der Waals surface area contributed by atoms with Gasteiger partial charge in [-0.3, -0.25) is 19.4 Å². The van der Waals surface area contributed by atoms with Gasteiger partial charge in [-0.25, -0.2) is 9.24 Å². The smallest absolute Gasteiger partial charge is 0.252 e. The van der Waals surface area contributed by atoms with Crippen molar-refractivity contribution in [2.45, 2.75) is 19.5 Å². The number of carbonyl (C=O) groups excluding carboxylic acids is 2. The second-order valence-corrected chi connectivity index (χ2v) is 8.34. The molecule has 11 heteroatoms. The van der Waals surface area contributed by atoms with Crippen LogP contribution in [0.4, 0.5) is 10.1 Å². The normalized spacial score (nSPS) is 13.0. The Balaban J connectivity index is 1.46. The number of carbonyl (C=O) groups is 2. The van der Waals surface area contributed by atoms with Gasteiger partial charge in [-0.05, 0) is 17.7 Å². The van der Waals surface area contributed by atoms with Gasteiger partial charge in [-0.1, -0.05) is 29.8 Å². The molecule has 0 saturated carbocycles. The Hall–Kier alpha value is -4.23. The third-order valence-electron chi connectivity index (χ3n) is 5.85. The van der Waals surface area contributed by atoms with Crippen LogP contribution in [-0.2, 0) is 24.3 Å². The summed E-state index contributed by atoms with van der Waals surface area (Å²) >= 11 is 6.09. The number of hydrogen-bond acceptors (Lipinski definition) is 4. The van der Waals surface area contributed by atoms with Crippen molar-refractivity contribution in [2.24, 2.45) is 5.73 Å². The summed E-state index contributed by atoms with van der Waals surface area (Å²) in [6.07, 6.45) is 1.47. The Morgan fingerprint density at radius 1 is 1.26 bits per heavy atom. The minimum absolute atomic E-state index is 0.0899. The van der Waals surface area contributed by atoms with Crippen LogP contribution in [0.25, 0.3) is 27.0 Å². The number of aromatic amines is 1. The Morgan fingerprint density at radius 3 is 2.82 bits per heavy atom. The lowest BCUT2D eigenvalue weighted by molar-refractivity contribution is -0.132. The van der Waals surface area contributed by atoms with E-state index in [2.05, 4.69) is 20.1 Å². The topological polar surface area (TPSA) is 114 Å². The zero-order chi connectivity index (χ0) is 24.0. The molecule has 0 saturated heterocycles. The molecular formula is C23H17ClFN7O2. The first-order valence-electron chi connectivity index (χ1n) is 10.3. The van der Waals surface area contributed by atoms with E-state index < -0.39 is 11.7 Å². The van der Waals surface area contributed by atoms with Gasteiger partial charge < -0.3 is 10.6 Å². The van der Waals surface area contributed by atoms with E-state index in [1.54, 1.807) is 33.8 Å². The number of nitrogens with two attached hydrogens (primary N) is 1. The minimum atomic E-state index is -0.711. The highest BCUT2D eigenvalue weighted by Gasteiger charge is 2.30. The minimum Gasteiger partial charge on any atom is -0.365 e. The molecule has 0 spiro atoms. The van der Waals surface area contributed by atoms with Crippen LogP contribution < -0.4 is 5.73 Å². The highest BCUT2D eigenvalue weighted by Crippen LogP contribution is 2.31. The van der Waals surface area contributed by atoms with Crippen LogP contribution in [0.1, 0.15) is 21.6 Å². The average molecular weight is 478 g/mol. The van der Waals surface area contributed by atoms with Gasteiger partial charge in [-0.15, -0.1) is 0 Å². The number of nitrogens with zero attached hydrogens (tertiary/aromatic N) is 5. The van der Waals surface area contributed by atoms with E-state index in [-0.39, 0.29) is 30.1 Å².